The molecule has 1 fully saturated rings. The largest absolute Gasteiger partial charge is 0.460 e. The molecular formula is C12H22N2O4. The summed E-state index contributed by atoms with van der Waals surface area (Å²) in [7, 11) is 0. The minimum absolute atomic E-state index is 0.149. The van der Waals surface area contributed by atoms with Crippen LogP contribution in [-0.4, -0.2) is 58.8 Å². The van der Waals surface area contributed by atoms with E-state index >= 15 is 0 Å². The fraction of sp³-hybridized carbons (Fsp3) is 0.917. The van der Waals surface area contributed by atoms with E-state index in [1.807, 2.05) is 0 Å². The number of nitrogens with zero attached hydrogens (tertiary/aromatic N) is 1. The summed E-state index contributed by atoms with van der Waals surface area (Å²) >= 11 is 0. The zero-order chi connectivity index (χ0) is 13.1. The van der Waals surface area contributed by atoms with Crippen LogP contribution in [-0.2, 0) is 4.74 Å². The smallest absolute Gasteiger partial charge is 0.285 e. The van der Waals surface area contributed by atoms with Crippen LogP contribution < -0.4 is 5.32 Å². The van der Waals surface area contributed by atoms with Gasteiger partial charge in [-0.05, 0) is 12.8 Å². The Kier molecular flexibility index (Phi) is 4.42. The Bertz CT molecular complexity index is 310. The highest BCUT2D eigenvalue weighted by Gasteiger charge is 2.47. The minimum Gasteiger partial charge on any atom is -0.460 e. The molecule has 6 heteroatoms. The van der Waals surface area contributed by atoms with E-state index < -0.39 is 18.2 Å². The lowest BCUT2D eigenvalue weighted by Crippen LogP contribution is -2.52. The fourth-order valence-corrected chi connectivity index (χ4v) is 2.51. The maximum atomic E-state index is 9.96. The standard InChI is InChI=1S/C12H22N2O4/c1-2-3-4-13-12-14-9-8(18-12)5-7(6-15)10(16)11(9)17/h7-11,15-17H,2-6H2,1H3,(H,13,14)/t7-,8+,9+,10-,11-/m1/s1. The Morgan fingerprint density at radius 3 is 2.83 bits per heavy atom. The Labute approximate surface area is 107 Å². The summed E-state index contributed by atoms with van der Waals surface area (Å²) < 4.78 is 5.62. The summed E-state index contributed by atoms with van der Waals surface area (Å²) in [5.41, 5.74) is 0. The number of amidine groups is 1. The highest BCUT2D eigenvalue weighted by Crippen LogP contribution is 2.32. The minimum atomic E-state index is -0.966. The quantitative estimate of drug-likeness (QED) is 0.497. The zero-order valence-electron chi connectivity index (χ0n) is 10.6. The Morgan fingerprint density at radius 1 is 1.39 bits per heavy atom. The van der Waals surface area contributed by atoms with Crippen LogP contribution in [0.3, 0.4) is 0 Å². The lowest BCUT2D eigenvalue weighted by molar-refractivity contribution is -0.0948. The molecule has 1 aliphatic heterocycles. The molecular weight excluding hydrogens is 236 g/mol. The topological polar surface area (TPSA) is 94.3 Å². The van der Waals surface area contributed by atoms with Gasteiger partial charge in [-0.15, -0.1) is 0 Å². The summed E-state index contributed by atoms with van der Waals surface area (Å²) in [6, 6.07) is 0.0233. The second kappa shape index (κ2) is 5.86. The molecule has 0 spiro atoms. The van der Waals surface area contributed by atoms with Crippen molar-refractivity contribution >= 4 is 6.02 Å². The van der Waals surface area contributed by atoms with Crippen LogP contribution in [0.4, 0.5) is 0 Å². The number of unbranched alkanes of at least 4 members (excludes halogenated alkanes) is 1. The predicted octanol–water partition coefficient (Wildman–Crippen LogP) is -0.766. The van der Waals surface area contributed by atoms with E-state index in [9.17, 15) is 10.2 Å². The van der Waals surface area contributed by atoms with Crippen LogP contribution in [0, 0.1) is 5.92 Å². The zero-order valence-corrected chi connectivity index (χ0v) is 10.6. The van der Waals surface area contributed by atoms with Crippen LogP contribution in [0.15, 0.2) is 4.99 Å². The fourth-order valence-electron chi connectivity index (χ4n) is 2.51. The van der Waals surface area contributed by atoms with Gasteiger partial charge in [0, 0.05) is 19.1 Å². The first kappa shape index (κ1) is 13.6. The normalized spacial score (nSPS) is 38.9. The van der Waals surface area contributed by atoms with Crippen molar-refractivity contribution in [3.63, 3.8) is 0 Å². The van der Waals surface area contributed by atoms with Crippen molar-refractivity contribution in [2.75, 3.05) is 13.2 Å². The molecule has 0 aromatic rings. The number of aliphatic hydroxyl groups excluding tert-OH is 3. The Hall–Kier alpha value is -0.850. The number of fused-ring (bicyclic) bond motifs is 1. The monoisotopic (exact) mass is 258 g/mol. The third-order valence-electron chi connectivity index (χ3n) is 3.67. The lowest BCUT2D eigenvalue weighted by atomic mass is 9.80. The lowest BCUT2D eigenvalue weighted by Gasteiger charge is -2.36. The summed E-state index contributed by atoms with van der Waals surface area (Å²) in [4.78, 5) is 4.27. The van der Waals surface area contributed by atoms with Gasteiger partial charge in [0.05, 0.1) is 6.10 Å². The molecule has 104 valence electrons. The summed E-state index contributed by atoms with van der Waals surface area (Å²) in [5, 5.41) is 32.0. The molecule has 0 radical (unpaired) electrons. The number of ether oxygens (including phenoxy) is 1. The molecule has 1 saturated carbocycles. The van der Waals surface area contributed by atoms with Gasteiger partial charge in [0.2, 0.25) is 0 Å². The van der Waals surface area contributed by atoms with Gasteiger partial charge in [-0.3, -0.25) is 0 Å². The van der Waals surface area contributed by atoms with Crippen molar-refractivity contribution in [2.45, 2.75) is 50.5 Å². The van der Waals surface area contributed by atoms with Crippen LogP contribution in [0.2, 0.25) is 0 Å². The summed E-state index contributed by atoms with van der Waals surface area (Å²) in [6.07, 6.45) is 0.486. The number of hydrogen-bond donors (Lipinski definition) is 4. The molecule has 1 aliphatic carbocycles. The number of rotatable bonds is 4. The molecule has 5 atom stereocenters. The average molecular weight is 258 g/mol. The average Bonchev–Trinajstić information content (AvgIpc) is 2.77. The molecule has 0 aromatic heterocycles. The van der Waals surface area contributed by atoms with Gasteiger partial charge in [0.15, 0.2) is 0 Å². The van der Waals surface area contributed by atoms with Crippen molar-refractivity contribution in [3.8, 4) is 0 Å². The van der Waals surface area contributed by atoms with Gasteiger partial charge in [0.25, 0.3) is 6.02 Å². The van der Waals surface area contributed by atoms with Gasteiger partial charge in [-0.25, -0.2) is 4.99 Å². The van der Waals surface area contributed by atoms with Crippen LogP contribution in [0.1, 0.15) is 26.2 Å². The van der Waals surface area contributed by atoms with E-state index in [4.69, 9.17) is 9.84 Å². The predicted molar refractivity (Wildman–Crippen MR) is 66.2 cm³/mol. The second-order valence-electron chi connectivity index (χ2n) is 5.02. The number of nitrogens with one attached hydrogen (secondary N) is 1. The van der Waals surface area contributed by atoms with Crippen molar-refractivity contribution in [2.24, 2.45) is 10.9 Å². The first-order valence-electron chi connectivity index (χ1n) is 6.62. The molecule has 2 rings (SSSR count). The molecule has 0 saturated heterocycles. The molecule has 0 unspecified atom stereocenters. The molecule has 1 heterocycles. The molecule has 0 aromatic carbocycles. The van der Waals surface area contributed by atoms with Gasteiger partial charge in [-0.2, -0.15) is 0 Å². The van der Waals surface area contributed by atoms with E-state index in [1.54, 1.807) is 0 Å². The second-order valence-corrected chi connectivity index (χ2v) is 5.02. The van der Waals surface area contributed by atoms with Crippen molar-refractivity contribution in [3.05, 3.63) is 0 Å². The molecule has 4 N–H and O–H groups in total. The van der Waals surface area contributed by atoms with E-state index in [0.29, 0.717) is 12.4 Å². The molecule has 2 aliphatic rings. The Balaban J connectivity index is 1.95. The molecule has 0 amide bonds. The first-order valence-corrected chi connectivity index (χ1v) is 6.62. The maximum Gasteiger partial charge on any atom is 0.285 e. The summed E-state index contributed by atoms with van der Waals surface area (Å²) in [5.74, 6) is -0.341. The third-order valence-corrected chi connectivity index (χ3v) is 3.67. The highest BCUT2D eigenvalue weighted by molar-refractivity contribution is 5.75. The summed E-state index contributed by atoms with van der Waals surface area (Å²) in [6.45, 7) is 2.74. The highest BCUT2D eigenvalue weighted by atomic mass is 16.5. The van der Waals surface area contributed by atoms with Gasteiger partial charge in [-0.1, -0.05) is 13.3 Å². The van der Waals surface area contributed by atoms with E-state index in [1.165, 1.54) is 0 Å². The molecule has 6 nitrogen and oxygen atoms in total. The van der Waals surface area contributed by atoms with Crippen LogP contribution in [0.5, 0.6) is 0 Å². The van der Waals surface area contributed by atoms with Crippen LogP contribution in [0.25, 0.3) is 0 Å². The maximum absolute atomic E-state index is 9.96. The third kappa shape index (κ3) is 2.60. The van der Waals surface area contributed by atoms with E-state index in [0.717, 1.165) is 19.4 Å². The number of hydrogen-bond acceptors (Lipinski definition) is 6. The molecule has 0 bridgehead atoms. The Morgan fingerprint density at radius 2 is 2.17 bits per heavy atom. The SMILES string of the molecule is CCCCNC1=N[C@@H]2[C@@H](O)[C@H](O)[C@@H](CO)C[C@@H]2O1. The number of aliphatic hydroxyl groups is 3. The first-order chi connectivity index (χ1) is 8.67. The van der Waals surface area contributed by atoms with Crippen molar-refractivity contribution in [1.82, 2.24) is 5.32 Å². The van der Waals surface area contributed by atoms with Crippen molar-refractivity contribution < 1.29 is 20.1 Å². The van der Waals surface area contributed by atoms with E-state index in [-0.39, 0.29) is 18.6 Å². The van der Waals surface area contributed by atoms with Crippen molar-refractivity contribution in [1.29, 1.82) is 0 Å². The number of aliphatic imine (C=N–C) groups is 1. The van der Waals surface area contributed by atoms with Crippen LogP contribution >= 0.6 is 0 Å². The van der Waals surface area contributed by atoms with E-state index in [2.05, 4.69) is 17.2 Å². The van der Waals surface area contributed by atoms with Gasteiger partial charge < -0.3 is 25.4 Å². The molecule has 18 heavy (non-hydrogen) atoms. The van der Waals surface area contributed by atoms with Gasteiger partial charge in [0.1, 0.15) is 18.2 Å². The van der Waals surface area contributed by atoms with Gasteiger partial charge >= 0.3 is 0 Å².